The van der Waals surface area contributed by atoms with Crippen LogP contribution in [0, 0.1) is 25.7 Å². The van der Waals surface area contributed by atoms with Crippen molar-refractivity contribution in [2.24, 2.45) is 11.8 Å². The summed E-state index contributed by atoms with van der Waals surface area (Å²) >= 11 is 0. The molecule has 3 atom stereocenters. The molecule has 8 heteroatoms. The molecule has 0 saturated carbocycles. The first-order valence-corrected chi connectivity index (χ1v) is 16.7. The van der Waals surface area contributed by atoms with Gasteiger partial charge < -0.3 is 4.74 Å². The number of hydrogen-bond acceptors (Lipinski definition) is 6. The van der Waals surface area contributed by atoms with E-state index in [1.807, 2.05) is 56.3 Å². The molecule has 1 unspecified atom stereocenters. The van der Waals surface area contributed by atoms with Crippen molar-refractivity contribution >= 4 is 16.0 Å². The molecule has 0 spiro atoms. The minimum absolute atomic E-state index is 0.00727. The molecule has 224 valence electrons. The normalized spacial score (nSPS) is 21.6. The standard InChI is InChI=1S/C35H40N4O3S/c1-23(2)18-30-29-16-17-39(21-26-12-6-5-7-13-26)22-32(30)42-33-20-31(34-24(3)10-8-11-25(34)4)36-35(37-33)38-43(40,41)28-15-9-14-27(29)19-28/h5-15,19-20,23,29-30,32H,16-18,21-22H2,1-4H3,(H,36,37,38)/t29?,30-,32-/m0/s1. The molecular formula is C35H40N4O3S. The second-order valence-corrected chi connectivity index (χ2v) is 14.1. The van der Waals surface area contributed by atoms with Crippen molar-refractivity contribution in [3.63, 3.8) is 0 Å². The maximum atomic E-state index is 13.7. The quantitative estimate of drug-likeness (QED) is 0.268. The zero-order valence-corrected chi connectivity index (χ0v) is 26.1. The maximum absolute atomic E-state index is 13.7. The minimum Gasteiger partial charge on any atom is -0.473 e. The maximum Gasteiger partial charge on any atom is 0.264 e. The van der Waals surface area contributed by atoms with Gasteiger partial charge in [0.25, 0.3) is 10.0 Å². The topological polar surface area (TPSA) is 84.4 Å². The summed E-state index contributed by atoms with van der Waals surface area (Å²) in [6, 6.07) is 25.9. The van der Waals surface area contributed by atoms with Gasteiger partial charge in [-0.3, -0.25) is 4.90 Å². The van der Waals surface area contributed by atoms with E-state index < -0.39 is 10.0 Å². The van der Waals surface area contributed by atoms with E-state index in [0.29, 0.717) is 17.5 Å². The van der Waals surface area contributed by atoms with Crippen LogP contribution in [0.3, 0.4) is 0 Å². The van der Waals surface area contributed by atoms with Crippen LogP contribution in [0.15, 0.2) is 83.8 Å². The lowest BCUT2D eigenvalue weighted by Gasteiger charge is -2.34. The van der Waals surface area contributed by atoms with Crippen molar-refractivity contribution in [2.75, 3.05) is 17.8 Å². The van der Waals surface area contributed by atoms with Crippen LogP contribution >= 0.6 is 0 Å². The first kappa shape index (κ1) is 29.3. The van der Waals surface area contributed by atoms with E-state index in [9.17, 15) is 8.42 Å². The molecule has 0 aliphatic carbocycles. The number of fused-ring (bicyclic) bond motifs is 7. The van der Waals surface area contributed by atoms with Gasteiger partial charge in [-0.1, -0.05) is 74.5 Å². The van der Waals surface area contributed by atoms with Crippen LogP contribution in [-0.2, 0) is 16.6 Å². The van der Waals surface area contributed by atoms with Gasteiger partial charge in [-0.25, -0.2) is 18.1 Å². The van der Waals surface area contributed by atoms with E-state index in [0.717, 1.165) is 54.7 Å². The van der Waals surface area contributed by atoms with Gasteiger partial charge in [-0.15, -0.1) is 0 Å². The number of benzene rings is 3. The molecular weight excluding hydrogens is 556 g/mol. The van der Waals surface area contributed by atoms with Crippen molar-refractivity contribution in [3.8, 4) is 17.1 Å². The third-order valence-electron chi connectivity index (χ3n) is 8.72. The molecule has 6 bridgehead atoms. The van der Waals surface area contributed by atoms with Crippen LogP contribution in [-0.4, -0.2) is 42.5 Å². The highest BCUT2D eigenvalue weighted by Gasteiger charge is 2.38. The number of sulfonamides is 1. The Kier molecular flexibility index (Phi) is 8.25. The van der Waals surface area contributed by atoms with Crippen LogP contribution in [0.5, 0.6) is 5.88 Å². The van der Waals surface area contributed by atoms with Crippen LogP contribution in [0.2, 0.25) is 0 Å². The van der Waals surface area contributed by atoms with Gasteiger partial charge in [0, 0.05) is 30.6 Å². The number of aromatic nitrogens is 2. The molecule has 43 heavy (non-hydrogen) atoms. The minimum atomic E-state index is -3.94. The summed E-state index contributed by atoms with van der Waals surface area (Å²) < 4.78 is 36.9. The molecule has 7 nitrogen and oxygen atoms in total. The third kappa shape index (κ3) is 6.45. The van der Waals surface area contributed by atoms with Crippen molar-refractivity contribution in [2.45, 2.75) is 64.0 Å². The highest BCUT2D eigenvalue weighted by Crippen LogP contribution is 2.41. The van der Waals surface area contributed by atoms with Crippen LogP contribution in [0.25, 0.3) is 11.3 Å². The second kappa shape index (κ2) is 12.1. The molecule has 2 aliphatic heterocycles. The lowest BCUT2D eigenvalue weighted by Crippen LogP contribution is -2.39. The Labute approximate surface area is 255 Å². The Balaban J connectivity index is 1.52. The average Bonchev–Trinajstić information content (AvgIpc) is 3.11. The van der Waals surface area contributed by atoms with Crippen molar-refractivity contribution in [1.29, 1.82) is 0 Å². The van der Waals surface area contributed by atoms with Crippen molar-refractivity contribution in [3.05, 3.63) is 101 Å². The largest absolute Gasteiger partial charge is 0.473 e. The molecule has 4 aromatic rings. The Morgan fingerprint density at radius 2 is 1.70 bits per heavy atom. The zero-order valence-electron chi connectivity index (χ0n) is 25.3. The molecule has 3 aromatic carbocycles. The van der Waals surface area contributed by atoms with Gasteiger partial charge in [0.15, 0.2) is 0 Å². The van der Waals surface area contributed by atoms with E-state index >= 15 is 0 Å². The lowest BCUT2D eigenvalue weighted by molar-refractivity contribution is 0.0782. The smallest absolute Gasteiger partial charge is 0.264 e. The molecule has 3 heterocycles. The van der Waals surface area contributed by atoms with Gasteiger partial charge in [0.2, 0.25) is 11.8 Å². The Hall–Kier alpha value is -3.75. The van der Waals surface area contributed by atoms with E-state index in [-0.39, 0.29) is 28.8 Å². The summed E-state index contributed by atoms with van der Waals surface area (Å²) in [4.78, 5) is 12.0. The molecule has 0 amide bonds. The second-order valence-electron chi connectivity index (χ2n) is 12.4. The van der Waals surface area contributed by atoms with Gasteiger partial charge in [0.05, 0.1) is 10.6 Å². The van der Waals surface area contributed by atoms with E-state index in [4.69, 9.17) is 9.72 Å². The first-order chi connectivity index (χ1) is 20.7. The van der Waals surface area contributed by atoms with E-state index in [2.05, 4.69) is 58.8 Å². The molecule has 1 fully saturated rings. The van der Waals surface area contributed by atoms with Crippen LogP contribution in [0.4, 0.5) is 5.95 Å². The molecule has 6 rings (SSSR count). The Morgan fingerprint density at radius 3 is 2.44 bits per heavy atom. The number of likely N-dealkylation sites (tertiary alicyclic amines) is 1. The number of aryl methyl sites for hydroxylation is 2. The van der Waals surface area contributed by atoms with Crippen LogP contribution < -0.4 is 9.46 Å². The van der Waals surface area contributed by atoms with Gasteiger partial charge in [-0.05, 0) is 79.5 Å². The lowest BCUT2D eigenvalue weighted by atomic mass is 9.77. The average molecular weight is 597 g/mol. The number of hydrogen-bond donors (Lipinski definition) is 1. The summed E-state index contributed by atoms with van der Waals surface area (Å²) in [5.74, 6) is 1.11. The summed E-state index contributed by atoms with van der Waals surface area (Å²) in [7, 11) is -3.94. The van der Waals surface area contributed by atoms with Gasteiger partial charge in [0.1, 0.15) is 6.10 Å². The Morgan fingerprint density at radius 1 is 0.953 bits per heavy atom. The first-order valence-electron chi connectivity index (χ1n) is 15.2. The van der Waals surface area contributed by atoms with Gasteiger partial charge >= 0.3 is 0 Å². The zero-order chi connectivity index (χ0) is 30.1. The molecule has 1 aromatic heterocycles. The predicted molar refractivity (Wildman–Crippen MR) is 171 cm³/mol. The van der Waals surface area contributed by atoms with Crippen molar-refractivity contribution < 1.29 is 13.2 Å². The number of anilines is 1. The molecule has 2 aliphatic rings. The fourth-order valence-corrected chi connectivity index (χ4v) is 7.78. The van der Waals surface area contributed by atoms with E-state index in [1.165, 1.54) is 5.56 Å². The molecule has 1 saturated heterocycles. The molecule has 0 radical (unpaired) electrons. The fourth-order valence-electron chi connectivity index (χ4n) is 6.78. The number of nitrogens with one attached hydrogen (secondary N) is 1. The molecule has 1 N–H and O–H groups in total. The monoisotopic (exact) mass is 596 g/mol. The summed E-state index contributed by atoms with van der Waals surface area (Å²) in [6.07, 6.45) is 1.70. The number of nitrogens with zero attached hydrogens (tertiary/aromatic N) is 3. The summed E-state index contributed by atoms with van der Waals surface area (Å²) in [5, 5.41) is 0. The fraction of sp³-hybridized carbons (Fsp3) is 0.371. The third-order valence-corrected chi connectivity index (χ3v) is 10.0. The summed E-state index contributed by atoms with van der Waals surface area (Å²) in [5.41, 5.74) is 5.98. The van der Waals surface area contributed by atoms with Gasteiger partial charge in [-0.2, -0.15) is 4.98 Å². The summed E-state index contributed by atoms with van der Waals surface area (Å²) in [6.45, 7) is 11.0. The van der Waals surface area contributed by atoms with Crippen LogP contribution in [0.1, 0.15) is 54.9 Å². The highest BCUT2D eigenvalue weighted by molar-refractivity contribution is 7.92. The number of rotatable bonds is 5. The van der Waals surface area contributed by atoms with Crippen molar-refractivity contribution in [1.82, 2.24) is 14.9 Å². The highest BCUT2D eigenvalue weighted by atomic mass is 32.2. The Bertz CT molecular complexity index is 1690. The van der Waals surface area contributed by atoms with E-state index in [1.54, 1.807) is 6.07 Å². The predicted octanol–water partition coefficient (Wildman–Crippen LogP) is 6.97. The SMILES string of the molecule is Cc1cccc(C)c1-c1cc2nc(n1)NS(=O)(=O)c1cccc(c1)C1CCN(Cc3ccccc3)C[C@H](O2)[C@H]1CC(C)C. The number of ether oxygens (including phenoxy) is 1.